The summed E-state index contributed by atoms with van der Waals surface area (Å²) in [4.78, 5) is 19.3. The van der Waals surface area contributed by atoms with Crippen LogP contribution in [-0.4, -0.2) is 43.1 Å². The summed E-state index contributed by atoms with van der Waals surface area (Å²) in [5.41, 5.74) is 2.07. The third-order valence-corrected chi connectivity index (χ3v) is 5.96. The van der Waals surface area contributed by atoms with Crippen LogP contribution in [0.4, 0.5) is 5.13 Å². The van der Waals surface area contributed by atoms with E-state index in [2.05, 4.69) is 22.1 Å². The minimum absolute atomic E-state index is 0.0255. The lowest BCUT2D eigenvalue weighted by Gasteiger charge is -2.29. The molecule has 1 aromatic carbocycles. The van der Waals surface area contributed by atoms with Gasteiger partial charge in [0.2, 0.25) is 5.91 Å². The summed E-state index contributed by atoms with van der Waals surface area (Å²) in [6.07, 6.45) is 3.54. The van der Waals surface area contributed by atoms with Crippen molar-refractivity contribution in [2.45, 2.75) is 39.2 Å². The molecule has 1 fully saturated rings. The van der Waals surface area contributed by atoms with Gasteiger partial charge in [-0.2, -0.15) is 0 Å². The second kappa shape index (κ2) is 9.89. The maximum absolute atomic E-state index is 12.3. The summed E-state index contributed by atoms with van der Waals surface area (Å²) in [5, 5.41) is 5.64. The molecule has 0 bridgehead atoms. The van der Waals surface area contributed by atoms with E-state index in [4.69, 9.17) is 9.47 Å². The molecule has 0 spiro atoms. The zero-order valence-corrected chi connectivity index (χ0v) is 17.7. The molecule has 2 heterocycles. The number of aryl methyl sites for hydroxylation is 1. The van der Waals surface area contributed by atoms with Crippen LogP contribution in [0.2, 0.25) is 0 Å². The highest BCUT2D eigenvalue weighted by Crippen LogP contribution is 2.28. The average Bonchev–Trinajstić information content (AvgIpc) is 3.14. The van der Waals surface area contributed by atoms with Crippen LogP contribution in [0.5, 0.6) is 11.5 Å². The number of amides is 1. The SMILES string of the molecule is COc1ccc(CCC(=O)Nc2nc(CN3CCC(C)CC3)cs2)cc1OC. The number of anilines is 1. The number of rotatable bonds is 8. The molecule has 152 valence electrons. The quantitative estimate of drug-likeness (QED) is 0.723. The van der Waals surface area contributed by atoms with Crippen LogP contribution in [-0.2, 0) is 17.8 Å². The van der Waals surface area contributed by atoms with E-state index in [-0.39, 0.29) is 5.91 Å². The Morgan fingerprint density at radius 3 is 2.71 bits per heavy atom. The lowest BCUT2D eigenvalue weighted by atomic mass is 9.99. The van der Waals surface area contributed by atoms with Gasteiger partial charge in [0.1, 0.15) is 0 Å². The number of nitrogens with one attached hydrogen (secondary N) is 1. The van der Waals surface area contributed by atoms with Crippen molar-refractivity contribution in [3.05, 3.63) is 34.8 Å². The molecule has 0 saturated carbocycles. The van der Waals surface area contributed by atoms with Crippen molar-refractivity contribution < 1.29 is 14.3 Å². The maximum atomic E-state index is 12.3. The van der Waals surface area contributed by atoms with Gasteiger partial charge in [-0.05, 0) is 56.0 Å². The normalized spacial score (nSPS) is 15.4. The van der Waals surface area contributed by atoms with Crippen molar-refractivity contribution in [2.75, 3.05) is 32.6 Å². The molecule has 0 unspecified atom stereocenters. The van der Waals surface area contributed by atoms with Crippen LogP contribution < -0.4 is 14.8 Å². The second-order valence-electron chi connectivity index (χ2n) is 7.34. The second-order valence-corrected chi connectivity index (χ2v) is 8.20. The summed E-state index contributed by atoms with van der Waals surface area (Å²) in [6, 6.07) is 5.73. The van der Waals surface area contributed by atoms with Gasteiger partial charge in [0.25, 0.3) is 0 Å². The molecule has 6 nitrogen and oxygen atoms in total. The molecule has 1 amide bonds. The predicted octanol–water partition coefficient (Wildman–Crippen LogP) is 3.96. The third-order valence-electron chi connectivity index (χ3n) is 5.15. The summed E-state index contributed by atoms with van der Waals surface area (Å²) in [5.74, 6) is 2.17. The average molecular weight is 404 g/mol. The first kappa shape index (κ1) is 20.6. The van der Waals surface area contributed by atoms with Crippen molar-refractivity contribution in [2.24, 2.45) is 5.92 Å². The van der Waals surface area contributed by atoms with E-state index in [0.717, 1.165) is 36.8 Å². The number of hydrogen-bond acceptors (Lipinski definition) is 6. The molecular formula is C21H29N3O3S. The van der Waals surface area contributed by atoms with Crippen LogP contribution in [0, 0.1) is 5.92 Å². The molecular weight excluding hydrogens is 374 g/mol. The zero-order valence-electron chi connectivity index (χ0n) is 16.9. The molecule has 3 rings (SSSR count). The Hall–Kier alpha value is -2.12. The molecule has 1 aromatic heterocycles. The van der Waals surface area contributed by atoms with E-state index in [1.54, 1.807) is 14.2 Å². The number of carbonyl (C=O) groups is 1. The number of likely N-dealkylation sites (tertiary alicyclic amines) is 1. The highest BCUT2D eigenvalue weighted by atomic mass is 32.1. The van der Waals surface area contributed by atoms with Gasteiger partial charge >= 0.3 is 0 Å². The molecule has 1 aliphatic rings. The highest BCUT2D eigenvalue weighted by Gasteiger charge is 2.17. The Morgan fingerprint density at radius 1 is 1.25 bits per heavy atom. The molecule has 1 N–H and O–H groups in total. The van der Waals surface area contributed by atoms with Gasteiger partial charge in [-0.15, -0.1) is 11.3 Å². The standard InChI is InChI=1S/C21H29N3O3S/c1-15-8-10-24(11-9-15)13-17-14-28-21(22-17)23-20(25)7-5-16-4-6-18(26-2)19(12-16)27-3/h4,6,12,14-15H,5,7-11,13H2,1-3H3,(H,22,23,25). The van der Waals surface area contributed by atoms with Gasteiger partial charge in [0.15, 0.2) is 16.6 Å². The van der Waals surface area contributed by atoms with Crippen LogP contribution in [0.3, 0.4) is 0 Å². The number of benzene rings is 1. The van der Waals surface area contributed by atoms with E-state index in [1.165, 1.54) is 24.2 Å². The predicted molar refractivity (Wildman–Crippen MR) is 112 cm³/mol. The zero-order chi connectivity index (χ0) is 19.9. The van der Waals surface area contributed by atoms with E-state index < -0.39 is 0 Å². The molecule has 2 aromatic rings. The third kappa shape index (κ3) is 5.69. The van der Waals surface area contributed by atoms with Crippen LogP contribution >= 0.6 is 11.3 Å². The molecule has 1 saturated heterocycles. The molecule has 1 aliphatic heterocycles. The van der Waals surface area contributed by atoms with E-state index in [9.17, 15) is 4.79 Å². The Labute approximate surface area is 170 Å². The van der Waals surface area contributed by atoms with Crippen LogP contribution in [0.25, 0.3) is 0 Å². The molecule has 7 heteroatoms. The first-order chi connectivity index (χ1) is 13.6. The molecule has 0 aliphatic carbocycles. The van der Waals surface area contributed by atoms with Crippen LogP contribution in [0.1, 0.15) is 37.4 Å². The summed E-state index contributed by atoms with van der Waals surface area (Å²) >= 11 is 1.49. The largest absolute Gasteiger partial charge is 0.493 e. The number of ether oxygens (including phenoxy) is 2. The van der Waals surface area contributed by atoms with Gasteiger partial charge in [0, 0.05) is 18.3 Å². The number of thiazole rings is 1. The first-order valence-electron chi connectivity index (χ1n) is 9.75. The van der Waals surface area contributed by atoms with Gasteiger partial charge in [0.05, 0.1) is 19.9 Å². The number of nitrogens with zero attached hydrogens (tertiary/aromatic N) is 2. The fourth-order valence-electron chi connectivity index (χ4n) is 3.36. The van der Waals surface area contributed by atoms with Crippen LogP contribution in [0.15, 0.2) is 23.6 Å². The summed E-state index contributed by atoms with van der Waals surface area (Å²) in [7, 11) is 3.22. The highest BCUT2D eigenvalue weighted by molar-refractivity contribution is 7.13. The Bertz CT molecular complexity index is 785. The Balaban J connectivity index is 1.47. The van der Waals surface area contributed by atoms with Crippen molar-refractivity contribution in [3.8, 4) is 11.5 Å². The first-order valence-corrected chi connectivity index (χ1v) is 10.6. The van der Waals surface area contributed by atoms with E-state index >= 15 is 0 Å². The number of carbonyl (C=O) groups excluding carboxylic acids is 1. The number of hydrogen-bond donors (Lipinski definition) is 1. The molecule has 0 atom stereocenters. The lowest BCUT2D eigenvalue weighted by Crippen LogP contribution is -2.32. The van der Waals surface area contributed by atoms with Gasteiger partial charge in [-0.1, -0.05) is 13.0 Å². The fraction of sp³-hybridized carbons (Fsp3) is 0.524. The monoisotopic (exact) mass is 403 g/mol. The van der Waals surface area contributed by atoms with Crippen molar-refractivity contribution >= 4 is 22.4 Å². The van der Waals surface area contributed by atoms with E-state index in [0.29, 0.717) is 29.5 Å². The Morgan fingerprint density at radius 2 is 2.00 bits per heavy atom. The number of aromatic nitrogens is 1. The van der Waals surface area contributed by atoms with Crippen molar-refractivity contribution in [1.29, 1.82) is 0 Å². The summed E-state index contributed by atoms with van der Waals surface area (Å²) < 4.78 is 10.6. The van der Waals surface area contributed by atoms with Gasteiger partial charge in [-0.3, -0.25) is 9.69 Å². The summed E-state index contributed by atoms with van der Waals surface area (Å²) in [6.45, 7) is 5.44. The number of piperidine rings is 1. The Kier molecular flexibility index (Phi) is 7.28. The lowest BCUT2D eigenvalue weighted by molar-refractivity contribution is -0.116. The van der Waals surface area contributed by atoms with E-state index in [1.807, 2.05) is 23.6 Å². The molecule has 28 heavy (non-hydrogen) atoms. The topological polar surface area (TPSA) is 63.7 Å². The van der Waals surface area contributed by atoms with Crippen molar-refractivity contribution in [1.82, 2.24) is 9.88 Å². The fourth-order valence-corrected chi connectivity index (χ4v) is 4.08. The number of methoxy groups -OCH3 is 2. The van der Waals surface area contributed by atoms with Crippen molar-refractivity contribution in [3.63, 3.8) is 0 Å². The molecule has 0 radical (unpaired) electrons. The van der Waals surface area contributed by atoms with Gasteiger partial charge in [-0.25, -0.2) is 4.98 Å². The smallest absolute Gasteiger partial charge is 0.226 e. The maximum Gasteiger partial charge on any atom is 0.226 e. The van der Waals surface area contributed by atoms with Gasteiger partial charge < -0.3 is 14.8 Å². The minimum atomic E-state index is -0.0255. The minimum Gasteiger partial charge on any atom is -0.493 e.